The summed E-state index contributed by atoms with van der Waals surface area (Å²) < 4.78 is 49.7. The Kier molecular flexibility index (Phi) is 9.58. The molecular formula is C26H24F3N3O4S. The topological polar surface area (TPSA) is 88.7 Å². The first-order chi connectivity index (χ1) is 17.7. The summed E-state index contributed by atoms with van der Waals surface area (Å²) in [5, 5.41) is 7.80. The van der Waals surface area contributed by atoms with Crippen LogP contribution in [0.3, 0.4) is 0 Å². The highest BCUT2D eigenvalue weighted by molar-refractivity contribution is 7.80. The average Bonchev–Trinajstić information content (AvgIpc) is 2.86. The van der Waals surface area contributed by atoms with Gasteiger partial charge in [0.1, 0.15) is 12.4 Å². The summed E-state index contributed by atoms with van der Waals surface area (Å²) >= 11 is 5.23. The van der Waals surface area contributed by atoms with Crippen molar-refractivity contribution in [2.45, 2.75) is 13.1 Å². The molecule has 2 amide bonds. The average molecular weight is 532 g/mol. The predicted molar refractivity (Wildman–Crippen MR) is 138 cm³/mol. The number of carbonyl (C=O) groups is 2. The Morgan fingerprint density at radius 1 is 0.865 bits per heavy atom. The monoisotopic (exact) mass is 531 g/mol. The van der Waals surface area contributed by atoms with E-state index in [0.29, 0.717) is 24.7 Å². The van der Waals surface area contributed by atoms with Crippen molar-refractivity contribution in [2.24, 2.45) is 0 Å². The molecule has 7 nitrogen and oxygen atoms in total. The molecular weight excluding hydrogens is 507 g/mol. The van der Waals surface area contributed by atoms with Crippen LogP contribution in [0.4, 0.5) is 24.5 Å². The summed E-state index contributed by atoms with van der Waals surface area (Å²) in [4.78, 5) is 25.3. The zero-order valence-electron chi connectivity index (χ0n) is 19.7. The van der Waals surface area contributed by atoms with Gasteiger partial charge in [-0.25, -0.2) is 0 Å². The number of carbonyl (C=O) groups excluding carboxylic acids is 2. The van der Waals surface area contributed by atoms with Crippen molar-refractivity contribution in [3.8, 4) is 5.75 Å². The molecule has 3 aromatic rings. The number of hydrogen-bond donors (Lipinski definition) is 3. The van der Waals surface area contributed by atoms with E-state index in [9.17, 15) is 22.8 Å². The molecule has 194 valence electrons. The summed E-state index contributed by atoms with van der Waals surface area (Å²) in [6.07, 6.45) is -4.53. The molecule has 0 unspecified atom stereocenters. The van der Waals surface area contributed by atoms with E-state index in [1.54, 1.807) is 36.4 Å². The summed E-state index contributed by atoms with van der Waals surface area (Å²) in [5.41, 5.74) is -0.0311. The van der Waals surface area contributed by atoms with Crippen LogP contribution in [-0.2, 0) is 10.9 Å². The van der Waals surface area contributed by atoms with Crippen LogP contribution in [0.25, 0.3) is 0 Å². The molecule has 0 atom stereocenters. The summed E-state index contributed by atoms with van der Waals surface area (Å²) in [6, 6.07) is 17.1. The zero-order valence-corrected chi connectivity index (χ0v) is 20.5. The third-order valence-corrected chi connectivity index (χ3v) is 5.08. The van der Waals surface area contributed by atoms with Crippen molar-refractivity contribution < 1.29 is 32.2 Å². The van der Waals surface area contributed by atoms with Crippen LogP contribution in [0, 0.1) is 0 Å². The lowest BCUT2D eigenvalue weighted by Crippen LogP contribution is -2.34. The molecule has 11 heteroatoms. The minimum Gasteiger partial charge on any atom is -0.490 e. The van der Waals surface area contributed by atoms with Crippen LogP contribution in [0.5, 0.6) is 5.75 Å². The van der Waals surface area contributed by atoms with Gasteiger partial charge in [0.25, 0.3) is 11.8 Å². The van der Waals surface area contributed by atoms with Gasteiger partial charge in [-0.05, 0) is 67.7 Å². The van der Waals surface area contributed by atoms with Crippen LogP contribution in [-0.4, -0.2) is 36.7 Å². The largest absolute Gasteiger partial charge is 0.490 e. The maximum atomic E-state index is 12.9. The molecule has 0 saturated carbocycles. The number of halogens is 3. The number of amides is 2. The van der Waals surface area contributed by atoms with Crippen LogP contribution in [0.2, 0.25) is 0 Å². The van der Waals surface area contributed by atoms with E-state index >= 15 is 0 Å². The lowest BCUT2D eigenvalue weighted by atomic mass is 10.1. The van der Waals surface area contributed by atoms with Crippen molar-refractivity contribution in [3.05, 3.63) is 89.5 Å². The standard InChI is InChI=1S/C26H24F3N3O4S/c1-2-35-13-14-36-22-12-4-3-11-21(22)24(34)32-25(37)31-19-9-5-7-17(15-19)23(33)30-20-10-6-8-18(16-20)26(27,28)29/h3-12,15-16H,2,13-14H2,1H3,(H,30,33)(H2,31,32,34,37). The molecule has 0 aliphatic carbocycles. The van der Waals surface area contributed by atoms with Crippen molar-refractivity contribution in [1.29, 1.82) is 0 Å². The fourth-order valence-electron chi connectivity index (χ4n) is 3.18. The summed E-state index contributed by atoms with van der Waals surface area (Å²) in [5.74, 6) is -0.741. The predicted octanol–water partition coefficient (Wildman–Crippen LogP) is 5.50. The minimum absolute atomic E-state index is 0.00288. The Hall–Kier alpha value is -3.96. The Bertz CT molecular complexity index is 1270. The minimum atomic E-state index is -4.53. The van der Waals surface area contributed by atoms with Crippen molar-refractivity contribution in [2.75, 3.05) is 30.5 Å². The number of ether oxygens (including phenoxy) is 2. The van der Waals surface area contributed by atoms with Crippen LogP contribution < -0.4 is 20.7 Å². The Balaban J connectivity index is 1.62. The van der Waals surface area contributed by atoms with E-state index in [4.69, 9.17) is 21.7 Å². The molecule has 3 aromatic carbocycles. The van der Waals surface area contributed by atoms with E-state index in [0.717, 1.165) is 12.1 Å². The highest BCUT2D eigenvalue weighted by atomic mass is 32.1. The van der Waals surface area contributed by atoms with Gasteiger partial charge in [0, 0.05) is 23.5 Å². The number of benzene rings is 3. The van der Waals surface area contributed by atoms with E-state index < -0.39 is 23.6 Å². The zero-order chi connectivity index (χ0) is 26.8. The van der Waals surface area contributed by atoms with Gasteiger partial charge in [0.05, 0.1) is 17.7 Å². The van der Waals surface area contributed by atoms with Crippen molar-refractivity contribution >= 4 is 40.5 Å². The number of hydrogen-bond acceptors (Lipinski definition) is 5. The smallest absolute Gasteiger partial charge is 0.416 e. The molecule has 0 aromatic heterocycles. The van der Waals surface area contributed by atoms with E-state index in [2.05, 4.69) is 16.0 Å². The van der Waals surface area contributed by atoms with E-state index in [1.807, 2.05) is 6.92 Å². The maximum absolute atomic E-state index is 12.9. The van der Waals surface area contributed by atoms with Gasteiger partial charge in [0.15, 0.2) is 5.11 Å². The molecule has 0 fully saturated rings. The van der Waals surface area contributed by atoms with Gasteiger partial charge < -0.3 is 20.1 Å². The number of thiocarbonyl (C=S) groups is 1. The first kappa shape index (κ1) is 27.6. The molecule has 3 rings (SSSR count). The number of rotatable bonds is 9. The molecule has 3 N–H and O–H groups in total. The number of para-hydroxylation sites is 1. The van der Waals surface area contributed by atoms with Crippen LogP contribution in [0.15, 0.2) is 72.8 Å². The molecule has 0 bridgehead atoms. The first-order valence-electron chi connectivity index (χ1n) is 11.2. The highest BCUT2D eigenvalue weighted by Crippen LogP contribution is 2.30. The first-order valence-corrected chi connectivity index (χ1v) is 11.6. The molecule has 37 heavy (non-hydrogen) atoms. The second kappa shape index (κ2) is 12.8. The molecule has 0 radical (unpaired) electrons. The molecule has 0 heterocycles. The maximum Gasteiger partial charge on any atom is 0.416 e. The fourth-order valence-corrected chi connectivity index (χ4v) is 3.39. The van der Waals surface area contributed by atoms with E-state index in [-0.39, 0.29) is 28.5 Å². The van der Waals surface area contributed by atoms with Crippen LogP contribution in [0.1, 0.15) is 33.2 Å². The van der Waals surface area contributed by atoms with E-state index in [1.165, 1.54) is 24.3 Å². The lowest BCUT2D eigenvalue weighted by molar-refractivity contribution is -0.137. The summed E-state index contributed by atoms with van der Waals surface area (Å²) in [6.45, 7) is 3.08. The normalized spacial score (nSPS) is 10.9. The highest BCUT2D eigenvalue weighted by Gasteiger charge is 2.30. The van der Waals surface area contributed by atoms with Crippen molar-refractivity contribution in [1.82, 2.24) is 5.32 Å². The SMILES string of the molecule is CCOCCOc1ccccc1C(=O)NC(=S)Nc1cccc(C(=O)Nc2cccc(C(F)(F)F)c2)c1. The van der Waals surface area contributed by atoms with Gasteiger partial charge >= 0.3 is 6.18 Å². The molecule has 0 spiro atoms. The Morgan fingerprint density at radius 2 is 1.57 bits per heavy atom. The fraction of sp³-hybridized carbons (Fsp3) is 0.192. The Labute approximate surface area is 217 Å². The molecule has 0 aliphatic heterocycles. The van der Waals surface area contributed by atoms with Crippen molar-refractivity contribution in [3.63, 3.8) is 0 Å². The second-order valence-electron chi connectivity index (χ2n) is 7.56. The van der Waals surface area contributed by atoms with Gasteiger partial charge in [-0.3, -0.25) is 14.9 Å². The van der Waals surface area contributed by atoms with Gasteiger partial charge in [-0.1, -0.05) is 24.3 Å². The van der Waals surface area contributed by atoms with Crippen LogP contribution >= 0.6 is 12.2 Å². The van der Waals surface area contributed by atoms with Gasteiger partial charge in [-0.2, -0.15) is 13.2 Å². The lowest BCUT2D eigenvalue weighted by Gasteiger charge is -2.14. The summed E-state index contributed by atoms with van der Waals surface area (Å²) in [7, 11) is 0. The second-order valence-corrected chi connectivity index (χ2v) is 7.97. The molecule has 0 aliphatic rings. The molecule has 0 saturated heterocycles. The number of anilines is 2. The third kappa shape index (κ3) is 8.29. The number of alkyl halides is 3. The number of nitrogens with one attached hydrogen (secondary N) is 3. The van der Waals surface area contributed by atoms with Gasteiger partial charge in [0.2, 0.25) is 0 Å². The third-order valence-electron chi connectivity index (χ3n) is 4.88. The van der Waals surface area contributed by atoms with Gasteiger partial charge in [-0.15, -0.1) is 0 Å². The quantitative estimate of drug-likeness (QED) is 0.250. The Morgan fingerprint density at radius 3 is 2.30 bits per heavy atom.